The average Bonchev–Trinajstić information content (AvgIpc) is 3.34. The summed E-state index contributed by atoms with van der Waals surface area (Å²) >= 11 is 0. The van der Waals surface area contributed by atoms with Crippen LogP contribution >= 0.6 is 0 Å². The Morgan fingerprint density at radius 1 is 0.974 bits per heavy atom. The van der Waals surface area contributed by atoms with Crippen LogP contribution < -0.4 is 5.32 Å². The number of amides is 1. The maximum absolute atomic E-state index is 12.9. The summed E-state index contributed by atoms with van der Waals surface area (Å²) in [4.78, 5) is 28.6. The molecule has 0 radical (unpaired) electrons. The van der Waals surface area contributed by atoms with Crippen molar-refractivity contribution in [3.63, 3.8) is 0 Å². The van der Waals surface area contributed by atoms with Gasteiger partial charge in [0.2, 0.25) is 0 Å². The van der Waals surface area contributed by atoms with E-state index in [0.717, 1.165) is 17.4 Å². The highest BCUT2D eigenvalue weighted by Crippen LogP contribution is 2.44. The molecule has 194 valence electrons. The lowest BCUT2D eigenvalue weighted by Crippen LogP contribution is -2.41. The Labute approximate surface area is 223 Å². The first-order valence-corrected chi connectivity index (χ1v) is 12.7. The summed E-state index contributed by atoms with van der Waals surface area (Å²) in [6.45, 7) is 8.18. The predicted octanol–water partition coefficient (Wildman–Crippen LogP) is 5.45. The summed E-state index contributed by atoms with van der Waals surface area (Å²) in [7, 11) is -0.714. The predicted molar refractivity (Wildman–Crippen MR) is 147 cm³/mol. The zero-order chi connectivity index (χ0) is 26.9. The molecular formula is C30H31BN2O5. The number of benzene rings is 2. The van der Waals surface area contributed by atoms with Crippen LogP contribution in [-0.2, 0) is 14.0 Å². The topological polar surface area (TPSA) is 86.8 Å². The van der Waals surface area contributed by atoms with Gasteiger partial charge in [-0.2, -0.15) is 0 Å². The van der Waals surface area contributed by atoms with Crippen molar-refractivity contribution in [2.45, 2.75) is 44.8 Å². The summed E-state index contributed by atoms with van der Waals surface area (Å²) in [6.07, 6.45) is 5.17. The second-order valence-electron chi connectivity index (χ2n) is 10.6. The lowest BCUT2D eigenvalue weighted by Gasteiger charge is -2.32. The largest absolute Gasteiger partial charge is 0.492 e. The molecule has 2 aromatic carbocycles. The van der Waals surface area contributed by atoms with E-state index in [9.17, 15) is 9.59 Å². The molecule has 7 nitrogen and oxygen atoms in total. The monoisotopic (exact) mass is 510 g/mol. The molecule has 1 aliphatic carbocycles. The first kappa shape index (κ1) is 25.9. The van der Waals surface area contributed by atoms with E-state index in [-0.39, 0.29) is 19.1 Å². The molecule has 1 aliphatic heterocycles. The van der Waals surface area contributed by atoms with Crippen molar-refractivity contribution < 1.29 is 23.6 Å². The van der Waals surface area contributed by atoms with Crippen molar-refractivity contribution in [2.75, 3.05) is 13.2 Å². The van der Waals surface area contributed by atoms with E-state index in [4.69, 9.17) is 14.0 Å². The van der Waals surface area contributed by atoms with E-state index in [1.165, 1.54) is 11.1 Å². The van der Waals surface area contributed by atoms with E-state index in [1.807, 2.05) is 52.0 Å². The van der Waals surface area contributed by atoms with Crippen LogP contribution in [0.3, 0.4) is 0 Å². The second-order valence-corrected chi connectivity index (χ2v) is 10.6. The number of fused-ring (bicyclic) bond motifs is 3. The van der Waals surface area contributed by atoms with Gasteiger partial charge in [0.1, 0.15) is 6.61 Å². The molecule has 1 saturated heterocycles. The van der Waals surface area contributed by atoms with Gasteiger partial charge < -0.3 is 19.4 Å². The van der Waals surface area contributed by atoms with Crippen LogP contribution in [0.15, 0.2) is 72.5 Å². The molecule has 0 bridgehead atoms. The standard InChI is InChI=1S/C30H31BN2O5/c1-29(2)30(3,4)38-31(37-29)22(15-21-16-32-14-13-20(21)18-34)17-33-28(35)36-19-27-25-11-7-5-9-23(25)24-10-6-8-12-26(24)27/h5-16,18,27H,17,19H2,1-4H3,(H,33,35). The molecular weight excluding hydrogens is 479 g/mol. The van der Waals surface area contributed by atoms with E-state index < -0.39 is 24.4 Å². The summed E-state index contributed by atoms with van der Waals surface area (Å²) < 4.78 is 18.2. The third kappa shape index (κ3) is 4.89. The Morgan fingerprint density at radius 2 is 1.58 bits per heavy atom. The summed E-state index contributed by atoms with van der Waals surface area (Å²) in [5.74, 6) is -0.0307. The third-order valence-corrected chi connectivity index (χ3v) is 7.69. The highest BCUT2D eigenvalue weighted by molar-refractivity contribution is 6.56. The Morgan fingerprint density at radius 3 is 2.18 bits per heavy atom. The molecule has 1 amide bonds. The first-order valence-electron chi connectivity index (χ1n) is 12.7. The molecule has 2 heterocycles. The molecule has 0 atom stereocenters. The van der Waals surface area contributed by atoms with Crippen LogP contribution in [0.25, 0.3) is 17.2 Å². The van der Waals surface area contributed by atoms with Crippen molar-refractivity contribution in [1.29, 1.82) is 0 Å². The zero-order valence-corrected chi connectivity index (χ0v) is 22.1. The first-order chi connectivity index (χ1) is 18.2. The van der Waals surface area contributed by atoms with Gasteiger partial charge in [-0.25, -0.2) is 4.79 Å². The number of carbonyl (C=O) groups is 2. The number of pyridine rings is 1. The molecule has 2 aliphatic rings. The number of hydrogen-bond donors (Lipinski definition) is 1. The number of nitrogens with zero attached hydrogens (tertiary/aromatic N) is 1. The average molecular weight is 510 g/mol. The minimum Gasteiger partial charge on any atom is -0.449 e. The number of rotatable bonds is 7. The molecule has 0 spiro atoms. The van der Waals surface area contributed by atoms with E-state index in [2.05, 4.69) is 34.6 Å². The number of ether oxygens (including phenoxy) is 1. The van der Waals surface area contributed by atoms with Crippen molar-refractivity contribution >= 4 is 25.6 Å². The second kappa shape index (κ2) is 10.2. The van der Waals surface area contributed by atoms with Gasteiger partial charge >= 0.3 is 13.2 Å². The lowest BCUT2D eigenvalue weighted by atomic mass is 9.76. The van der Waals surface area contributed by atoms with E-state index in [0.29, 0.717) is 16.6 Å². The number of alkyl carbamates (subject to hydrolysis) is 1. The Hall–Kier alpha value is -3.75. The molecule has 8 heteroatoms. The molecule has 0 unspecified atom stereocenters. The molecule has 38 heavy (non-hydrogen) atoms. The fourth-order valence-corrected chi connectivity index (χ4v) is 4.87. The number of nitrogens with one attached hydrogen (secondary N) is 1. The minimum absolute atomic E-state index is 0.0307. The van der Waals surface area contributed by atoms with E-state index in [1.54, 1.807) is 24.5 Å². The van der Waals surface area contributed by atoms with E-state index >= 15 is 0 Å². The molecule has 0 saturated carbocycles. The van der Waals surface area contributed by atoms with Crippen molar-refractivity contribution in [1.82, 2.24) is 10.3 Å². The third-order valence-electron chi connectivity index (χ3n) is 7.69. The Bertz CT molecular complexity index is 1340. The van der Waals surface area contributed by atoms with Crippen LogP contribution in [0.2, 0.25) is 0 Å². The van der Waals surface area contributed by atoms with Crippen LogP contribution in [0.4, 0.5) is 4.79 Å². The molecule has 1 aromatic heterocycles. The van der Waals surface area contributed by atoms with Gasteiger partial charge in [0, 0.05) is 36.0 Å². The number of aldehydes is 1. The normalized spacial score (nSPS) is 17.6. The SMILES string of the molecule is CC1(C)OB(C(=Cc2cnccc2C=O)CNC(=O)OCC2c3ccccc3-c3ccccc32)OC1(C)C. The van der Waals surface area contributed by atoms with Crippen LogP contribution in [-0.4, -0.2) is 48.8 Å². The summed E-state index contributed by atoms with van der Waals surface area (Å²) in [5.41, 5.74) is 5.25. The van der Waals surface area contributed by atoms with Crippen LogP contribution in [0.1, 0.15) is 60.7 Å². The maximum atomic E-state index is 12.9. The van der Waals surface area contributed by atoms with Gasteiger partial charge in [-0.15, -0.1) is 0 Å². The van der Waals surface area contributed by atoms with Gasteiger partial charge in [-0.05, 0) is 61.5 Å². The Kier molecular flexibility index (Phi) is 6.94. The zero-order valence-electron chi connectivity index (χ0n) is 22.1. The highest BCUT2D eigenvalue weighted by atomic mass is 16.7. The fraction of sp³-hybridized carbons (Fsp3) is 0.300. The van der Waals surface area contributed by atoms with Gasteiger partial charge in [0.15, 0.2) is 6.29 Å². The number of aromatic nitrogens is 1. The molecule has 5 rings (SSSR count). The lowest BCUT2D eigenvalue weighted by molar-refractivity contribution is 0.00578. The van der Waals surface area contributed by atoms with Crippen LogP contribution in [0, 0.1) is 0 Å². The van der Waals surface area contributed by atoms with Crippen LogP contribution in [0.5, 0.6) is 0 Å². The molecule has 1 fully saturated rings. The van der Waals surface area contributed by atoms with Crippen molar-refractivity contribution in [2.24, 2.45) is 0 Å². The highest BCUT2D eigenvalue weighted by Gasteiger charge is 2.52. The maximum Gasteiger partial charge on any atom is 0.492 e. The van der Waals surface area contributed by atoms with Crippen molar-refractivity contribution in [3.05, 3.63) is 94.7 Å². The smallest absolute Gasteiger partial charge is 0.449 e. The summed E-state index contributed by atoms with van der Waals surface area (Å²) in [6, 6.07) is 18.1. The fourth-order valence-electron chi connectivity index (χ4n) is 4.87. The van der Waals surface area contributed by atoms with Crippen molar-refractivity contribution in [3.8, 4) is 11.1 Å². The molecule has 1 N–H and O–H groups in total. The number of hydrogen-bond acceptors (Lipinski definition) is 6. The van der Waals surface area contributed by atoms with Gasteiger partial charge in [-0.1, -0.05) is 54.6 Å². The van der Waals surface area contributed by atoms with Gasteiger partial charge in [-0.3, -0.25) is 9.78 Å². The quantitative estimate of drug-likeness (QED) is 0.336. The number of carbonyl (C=O) groups excluding carboxylic acids is 2. The molecule has 3 aromatic rings. The van der Waals surface area contributed by atoms with Gasteiger partial charge in [0.05, 0.1) is 11.2 Å². The van der Waals surface area contributed by atoms with Gasteiger partial charge in [0.25, 0.3) is 0 Å². The Balaban J connectivity index is 1.31. The minimum atomic E-state index is -0.714. The summed E-state index contributed by atoms with van der Waals surface area (Å²) in [5, 5.41) is 2.85.